The number of carboxylic acid groups (broad SMARTS) is 2. The molecule has 0 aliphatic carbocycles. The lowest BCUT2D eigenvalue weighted by atomic mass is 10.0. The van der Waals surface area contributed by atoms with Crippen LogP contribution in [0.4, 0.5) is 52.7 Å². The summed E-state index contributed by atoms with van der Waals surface area (Å²) < 4.78 is 179. The minimum Gasteiger partial charge on any atom is -0.480 e. The first-order valence-corrected chi connectivity index (χ1v) is 23.0. The summed E-state index contributed by atoms with van der Waals surface area (Å²) in [6.45, 7) is 2.13. The number of piperazine rings is 2. The van der Waals surface area contributed by atoms with E-state index in [1.165, 1.54) is 38.5 Å². The predicted molar refractivity (Wildman–Crippen MR) is 248 cm³/mol. The molecule has 2 aliphatic rings. The number of alkyl halides is 12. The first kappa shape index (κ1) is 63.2. The van der Waals surface area contributed by atoms with Crippen LogP contribution in [0.2, 0.25) is 0 Å². The molecule has 424 valence electrons. The van der Waals surface area contributed by atoms with Gasteiger partial charge in [-0.15, -0.1) is 0 Å². The number of carboxylic acids is 2. The number of ether oxygens (including phenoxy) is 4. The lowest BCUT2D eigenvalue weighted by molar-refractivity contribution is -0.144. The largest absolute Gasteiger partial charge is 0.480 e. The molecule has 2 unspecified atom stereocenters. The third-order valence-electron chi connectivity index (χ3n) is 12.2. The molecule has 2 fully saturated rings. The summed E-state index contributed by atoms with van der Waals surface area (Å²) in [6, 6.07) is 14.5. The molecule has 77 heavy (non-hydrogen) atoms. The van der Waals surface area contributed by atoms with Gasteiger partial charge in [-0.1, -0.05) is 24.3 Å². The van der Waals surface area contributed by atoms with E-state index in [2.05, 4.69) is 9.47 Å². The van der Waals surface area contributed by atoms with Crippen molar-refractivity contribution in [3.63, 3.8) is 0 Å². The van der Waals surface area contributed by atoms with E-state index in [1.807, 2.05) is 9.80 Å². The fourth-order valence-electron chi connectivity index (χ4n) is 8.37. The molecule has 4 aromatic carbocycles. The number of carbonyl (C=O) groups excluding carboxylic acids is 2. The summed E-state index contributed by atoms with van der Waals surface area (Å²) in [5.74, 6) is -3.01. The second kappa shape index (κ2) is 27.3. The molecule has 0 aromatic heterocycles. The number of hydrogen-bond acceptors (Lipinski definition) is 12. The van der Waals surface area contributed by atoms with Gasteiger partial charge < -0.3 is 34.6 Å². The molecular weight excluding hydrogens is 1060 g/mol. The first-order chi connectivity index (χ1) is 35.5. The SMILES string of the molecule is COC(=O)c1ccc(C(COCc2cc(C(F)(F)F)cc(C(F)(F)F)c2)N2CCN(CC(=O)O)CC2)cc1.COC(=O)c1ccc(C(COCc2cc(C(F)(F)F)cc(C(F)(F)F)c2)N2CCN(CC(=O)O)CC2)cc1.O. The maximum absolute atomic E-state index is 13.2. The van der Waals surface area contributed by atoms with Crippen molar-refractivity contribution in [1.29, 1.82) is 0 Å². The van der Waals surface area contributed by atoms with Gasteiger partial charge in [0.15, 0.2) is 0 Å². The fourth-order valence-corrected chi connectivity index (χ4v) is 8.37. The molecule has 0 saturated carbocycles. The van der Waals surface area contributed by atoms with E-state index in [-0.39, 0.29) is 55.0 Å². The van der Waals surface area contributed by atoms with Crippen LogP contribution in [0, 0.1) is 0 Å². The highest BCUT2D eigenvalue weighted by atomic mass is 19.4. The number of halogens is 12. The van der Waals surface area contributed by atoms with Gasteiger partial charge in [-0.3, -0.25) is 29.2 Å². The quantitative estimate of drug-likeness (QED) is 0.0718. The van der Waals surface area contributed by atoms with Crippen molar-refractivity contribution in [3.05, 3.63) is 141 Å². The highest BCUT2D eigenvalue weighted by Crippen LogP contribution is 2.38. The Morgan fingerprint density at radius 1 is 0.468 bits per heavy atom. The molecule has 0 amide bonds. The Bertz CT molecular complexity index is 2340. The molecule has 0 spiro atoms. The molecule has 0 bridgehead atoms. The maximum Gasteiger partial charge on any atom is 0.416 e. The Morgan fingerprint density at radius 2 is 0.740 bits per heavy atom. The van der Waals surface area contributed by atoms with Gasteiger partial charge >= 0.3 is 48.6 Å². The Morgan fingerprint density at radius 3 is 0.974 bits per heavy atom. The average molecular weight is 1110 g/mol. The first-order valence-electron chi connectivity index (χ1n) is 23.0. The molecule has 15 nitrogen and oxygen atoms in total. The molecule has 2 saturated heterocycles. The van der Waals surface area contributed by atoms with Gasteiger partial charge in [0.25, 0.3) is 0 Å². The van der Waals surface area contributed by atoms with Gasteiger partial charge in [0.1, 0.15) is 0 Å². The zero-order valence-corrected chi connectivity index (χ0v) is 41.1. The van der Waals surface area contributed by atoms with Gasteiger partial charge in [0.05, 0.1) is 99.2 Å². The summed E-state index contributed by atoms with van der Waals surface area (Å²) in [6.07, 6.45) is -19.9. The molecule has 6 rings (SSSR count). The second-order valence-electron chi connectivity index (χ2n) is 17.5. The minimum atomic E-state index is -4.96. The molecule has 2 heterocycles. The van der Waals surface area contributed by atoms with E-state index in [9.17, 15) is 71.9 Å². The summed E-state index contributed by atoms with van der Waals surface area (Å²) in [4.78, 5) is 53.0. The predicted octanol–water partition coefficient (Wildman–Crippen LogP) is 8.12. The normalized spacial score (nSPS) is 16.1. The van der Waals surface area contributed by atoms with Crippen LogP contribution in [-0.2, 0) is 66.5 Å². The van der Waals surface area contributed by atoms with Crippen LogP contribution in [0.5, 0.6) is 0 Å². The van der Waals surface area contributed by atoms with E-state index in [1.54, 1.807) is 34.1 Å². The molecule has 0 radical (unpaired) electrons. The van der Waals surface area contributed by atoms with Crippen molar-refractivity contribution in [2.75, 3.05) is 92.9 Å². The van der Waals surface area contributed by atoms with Crippen LogP contribution in [-0.4, -0.2) is 152 Å². The van der Waals surface area contributed by atoms with Gasteiger partial charge in [-0.05, 0) is 82.9 Å². The van der Waals surface area contributed by atoms with Crippen molar-refractivity contribution in [2.24, 2.45) is 0 Å². The molecule has 27 heteroatoms. The third kappa shape index (κ3) is 19.0. The van der Waals surface area contributed by atoms with Gasteiger partial charge in [-0.25, -0.2) is 9.59 Å². The van der Waals surface area contributed by atoms with Gasteiger partial charge in [0, 0.05) is 52.4 Å². The number of hydrogen-bond donors (Lipinski definition) is 2. The number of carbonyl (C=O) groups is 4. The number of nitrogens with zero attached hydrogens (tertiary/aromatic N) is 4. The number of esters is 2. The topological polar surface area (TPSA) is 190 Å². The van der Waals surface area contributed by atoms with Crippen molar-refractivity contribution in [3.8, 4) is 0 Å². The number of methoxy groups -OCH3 is 2. The average Bonchev–Trinajstić information content (AvgIpc) is 3.35. The van der Waals surface area contributed by atoms with E-state index in [4.69, 9.17) is 19.7 Å². The van der Waals surface area contributed by atoms with E-state index >= 15 is 0 Å². The molecule has 2 atom stereocenters. The highest BCUT2D eigenvalue weighted by molar-refractivity contribution is 5.89. The number of benzene rings is 4. The Kier molecular flexibility index (Phi) is 22.4. The molecule has 4 N–H and O–H groups in total. The van der Waals surface area contributed by atoms with E-state index in [0.717, 1.165) is 0 Å². The summed E-state index contributed by atoms with van der Waals surface area (Å²) in [5, 5.41) is 18.0. The minimum absolute atomic E-state index is 0. The van der Waals surface area contributed by atoms with Crippen molar-refractivity contribution in [1.82, 2.24) is 19.6 Å². The van der Waals surface area contributed by atoms with Crippen molar-refractivity contribution >= 4 is 23.9 Å². The van der Waals surface area contributed by atoms with Gasteiger partial charge in [-0.2, -0.15) is 52.7 Å². The standard InChI is InChI=1S/2C25H26F6N2O5.H2O/c2*1-37-23(36)18-4-2-17(3-5-18)21(33-8-6-32(7-9-33)13-22(34)35)15-38-14-16-10-19(24(26,27)28)12-20(11-16)25(29,30)31;/h2*2-5,10-12,21H,6-9,13-15H2,1H3,(H,34,35);1H2. The van der Waals surface area contributed by atoms with Crippen LogP contribution in [0.25, 0.3) is 0 Å². The summed E-state index contributed by atoms with van der Waals surface area (Å²) >= 11 is 0. The van der Waals surface area contributed by atoms with Crippen LogP contribution in [0.3, 0.4) is 0 Å². The second-order valence-corrected chi connectivity index (χ2v) is 17.5. The smallest absolute Gasteiger partial charge is 0.416 e. The molecule has 4 aromatic rings. The zero-order chi connectivity index (χ0) is 56.2. The van der Waals surface area contributed by atoms with E-state index < -0.39 is 96.1 Å². The Labute approximate surface area is 432 Å². The zero-order valence-electron chi connectivity index (χ0n) is 41.1. The monoisotopic (exact) mass is 1110 g/mol. The van der Waals surface area contributed by atoms with Crippen molar-refractivity contribution < 1.29 is 106 Å². The number of aliphatic carboxylic acids is 2. The molecule has 2 aliphatic heterocycles. The van der Waals surface area contributed by atoms with Crippen LogP contribution in [0.15, 0.2) is 84.9 Å². The Hall–Kier alpha value is -6.36. The van der Waals surface area contributed by atoms with Crippen LogP contribution in [0.1, 0.15) is 77.3 Å². The molecular formula is C50H54F12N4O11. The Balaban J connectivity index is 0.000000328. The maximum atomic E-state index is 13.2. The highest BCUT2D eigenvalue weighted by Gasteiger charge is 2.39. The van der Waals surface area contributed by atoms with Crippen molar-refractivity contribution in [2.45, 2.75) is 50.0 Å². The summed E-state index contributed by atoms with van der Waals surface area (Å²) in [7, 11) is 2.48. The van der Waals surface area contributed by atoms with Gasteiger partial charge in [0.2, 0.25) is 0 Å². The third-order valence-corrected chi connectivity index (χ3v) is 12.2. The van der Waals surface area contributed by atoms with E-state index in [0.29, 0.717) is 98.9 Å². The number of rotatable bonds is 18. The van der Waals surface area contributed by atoms with Crippen LogP contribution >= 0.6 is 0 Å². The lowest BCUT2D eigenvalue weighted by Crippen LogP contribution is -2.49. The summed E-state index contributed by atoms with van der Waals surface area (Å²) in [5.41, 5.74) is -4.25. The lowest BCUT2D eigenvalue weighted by Gasteiger charge is -2.39. The van der Waals surface area contributed by atoms with Crippen LogP contribution < -0.4 is 0 Å². The fraction of sp³-hybridized carbons (Fsp3) is 0.440.